The molecule has 1 saturated heterocycles. The van der Waals surface area contributed by atoms with Crippen molar-refractivity contribution < 1.29 is 14.7 Å². The highest BCUT2D eigenvalue weighted by Gasteiger charge is 2.38. The monoisotopic (exact) mass is 349 g/mol. The number of H-pyrrole nitrogens is 1. The van der Waals surface area contributed by atoms with Crippen molar-refractivity contribution in [1.82, 2.24) is 25.3 Å². The number of nitrogens with zero attached hydrogens (tertiary/aromatic N) is 4. The van der Waals surface area contributed by atoms with Crippen LogP contribution in [0.1, 0.15) is 35.0 Å². The van der Waals surface area contributed by atoms with Gasteiger partial charge in [0.25, 0.3) is 0 Å². The third kappa shape index (κ3) is 3.61. The number of thiazole rings is 1. The van der Waals surface area contributed by atoms with Crippen LogP contribution in [0.3, 0.4) is 0 Å². The van der Waals surface area contributed by atoms with Crippen LogP contribution in [0.15, 0.2) is 11.7 Å². The number of carbonyl (C=O) groups is 2. The van der Waals surface area contributed by atoms with E-state index in [0.717, 1.165) is 16.3 Å². The zero-order valence-electron chi connectivity index (χ0n) is 13.3. The zero-order valence-corrected chi connectivity index (χ0v) is 14.1. The number of hydrogen-bond acceptors (Lipinski definition) is 6. The van der Waals surface area contributed by atoms with Gasteiger partial charge in [0.05, 0.1) is 29.5 Å². The Kier molecular flexibility index (Phi) is 4.89. The number of carbonyl (C=O) groups excluding carboxylic acids is 1. The lowest BCUT2D eigenvalue weighted by Gasteiger charge is -2.16. The summed E-state index contributed by atoms with van der Waals surface area (Å²) in [6, 6.07) is 0. The molecule has 1 fully saturated rings. The van der Waals surface area contributed by atoms with Crippen LogP contribution in [-0.4, -0.2) is 55.4 Å². The normalized spacial score (nSPS) is 20.5. The largest absolute Gasteiger partial charge is 0.481 e. The van der Waals surface area contributed by atoms with Gasteiger partial charge in [-0.05, 0) is 19.3 Å². The van der Waals surface area contributed by atoms with Gasteiger partial charge in [0.2, 0.25) is 5.91 Å². The van der Waals surface area contributed by atoms with Crippen molar-refractivity contribution in [2.45, 2.75) is 32.1 Å². The van der Waals surface area contributed by atoms with E-state index in [0.29, 0.717) is 25.9 Å². The van der Waals surface area contributed by atoms with E-state index in [4.69, 9.17) is 5.11 Å². The topological polar surface area (TPSA) is 112 Å². The molecule has 24 heavy (non-hydrogen) atoms. The predicted molar refractivity (Wildman–Crippen MR) is 86.6 cm³/mol. The number of nitrogens with one attached hydrogen (secondary N) is 1. The number of aromatic nitrogens is 4. The molecule has 0 unspecified atom stereocenters. The number of rotatable bonds is 6. The summed E-state index contributed by atoms with van der Waals surface area (Å²) in [5.74, 6) is -1.04. The average molecular weight is 349 g/mol. The van der Waals surface area contributed by atoms with Gasteiger partial charge in [-0.3, -0.25) is 9.59 Å². The molecule has 128 valence electrons. The van der Waals surface area contributed by atoms with Gasteiger partial charge >= 0.3 is 5.97 Å². The number of aromatic amines is 1. The molecule has 1 aliphatic heterocycles. The van der Waals surface area contributed by atoms with Gasteiger partial charge < -0.3 is 10.0 Å². The van der Waals surface area contributed by atoms with Crippen LogP contribution in [0.25, 0.3) is 0 Å². The fraction of sp³-hybridized carbons (Fsp3) is 0.533. The van der Waals surface area contributed by atoms with Crippen molar-refractivity contribution >= 4 is 23.2 Å². The molecule has 2 aromatic heterocycles. The first kappa shape index (κ1) is 16.6. The van der Waals surface area contributed by atoms with Crippen LogP contribution in [0.2, 0.25) is 0 Å². The van der Waals surface area contributed by atoms with E-state index in [1.807, 2.05) is 6.92 Å². The van der Waals surface area contributed by atoms with Gasteiger partial charge in [-0.1, -0.05) is 0 Å². The zero-order chi connectivity index (χ0) is 17.1. The summed E-state index contributed by atoms with van der Waals surface area (Å²) in [6.07, 6.45) is 2.71. The van der Waals surface area contributed by atoms with Gasteiger partial charge in [-0.2, -0.15) is 15.4 Å². The molecule has 9 heteroatoms. The maximum atomic E-state index is 12.5. The summed E-state index contributed by atoms with van der Waals surface area (Å²) in [5.41, 5.74) is 3.47. The summed E-state index contributed by atoms with van der Waals surface area (Å²) in [7, 11) is 0. The average Bonchev–Trinajstić information content (AvgIpc) is 3.24. The Morgan fingerprint density at radius 3 is 2.92 bits per heavy atom. The summed E-state index contributed by atoms with van der Waals surface area (Å²) < 4.78 is 0. The number of hydrogen-bond donors (Lipinski definition) is 2. The van der Waals surface area contributed by atoms with Crippen molar-refractivity contribution in [3.8, 4) is 0 Å². The first-order valence-corrected chi connectivity index (χ1v) is 8.66. The highest BCUT2D eigenvalue weighted by Crippen LogP contribution is 2.34. The van der Waals surface area contributed by atoms with Gasteiger partial charge in [0.15, 0.2) is 0 Å². The van der Waals surface area contributed by atoms with Crippen LogP contribution in [0.4, 0.5) is 0 Å². The Morgan fingerprint density at radius 1 is 1.46 bits per heavy atom. The third-order valence-corrected chi connectivity index (χ3v) is 5.45. The summed E-state index contributed by atoms with van der Waals surface area (Å²) in [6.45, 7) is 2.88. The number of aliphatic carboxylic acids is 1. The molecule has 2 aromatic rings. The Labute approximate surface area is 142 Å². The Bertz CT molecular complexity index is 715. The molecule has 0 aromatic carbocycles. The minimum Gasteiger partial charge on any atom is -0.481 e. The predicted octanol–water partition coefficient (Wildman–Crippen LogP) is 1.22. The van der Waals surface area contributed by atoms with Crippen molar-refractivity contribution in [3.63, 3.8) is 0 Å². The van der Waals surface area contributed by atoms with E-state index in [1.54, 1.807) is 27.9 Å². The van der Waals surface area contributed by atoms with E-state index in [2.05, 4.69) is 20.4 Å². The van der Waals surface area contributed by atoms with E-state index >= 15 is 0 Å². The lowest BCUT2D eigenvalue weighted by molar-refractivity contribution is -0.138. The van der Waals surface area contributed by atoms with Crippen LogP contribution >= 0.6 is 11.3 Å². The number of carboxylic acid groups (broad SMARTS) is 1. The number of aryl methyl sites for hydroxylation is 2. The van der Waals surface area contributed by atoms with Crippen LogP contribution in [0.5, 0.6) is 0 Å². The number of amides is 1. The fourth-order valence-electron chi connectivity index (χ4n) is 3.17. The number of likely N-dealkylation sites (tertiary alicyclic amines) is 1. The highest BCUT2D eigenvalue weighted by atomic mass is 32.1. The first-order chi connectivity index (χ1) is 11.5. The first-order valence-electron chi connectivity index (χ1n) is 7.78. The molecule has 0 saturated carbocycles. The molecule has 3 heterocycles. The molecule has 8 nitrogen and oxygen atoms in total. The Morgan fingerprint density at radius 2 is 2.29 bits per heavy atom. The van der Waals surface area contributed by atoms with Crippen LogP contribution < -0.4 is 0 Å². The van der Waals surface area contributed by atoms with Crippen molar-refractivity contribution in [2.24, 2.45) is 5.92 Å². The molecule has 1 amide bonds. The van der Waals surface area contributed by atoms with E-state index in [-0.39, 0.29) is 24.2 Å². The molecule has 3 rings (SSSR count). The van der Waals surface area contributed by atoms with Gasteiger partial charge in [-0.25, -0.2) is 4.98 Å². The van der Waals surface area contributed by atoms with Crippen molar-refractivity contribution in [2.75, 3.05) is 13.1 Å². The molecule has 0 radical (unpaired) electrons. The quantitative estimate of drug-likeness (QED) is 0.811. The van der Waals surface area contributed by atoms with Gasteiger partial charge in [0.1, 0.15) is 0 Å². The fourth-order valence-corrected chi connectivity index (χ4v) is 3.96. The van der Waals surface area contributed by atoms with Crippen molar-refractivity contribution in [1.29, 1.82) is 0 Å². The molecule has 0 bridgehead atoms. The Balaban J connectivity index is 1.64. The minimum atomic E-state index is -0.858. The molecule has 0 aliphatic carbocycles. The minimum absolute atomic E-state index is 0.0231. The molecule has 0 spiro atoms. The SMILES string of the molecule is Cc1ncsc1CCC(=O)N1C[C@@H](CC(=O)O)[C@@H](c2cn[nH]n2)C1. The second kappa shape index (κ2) is 7.08. The second-order valence-corrected chi connectivity index (χ2v) is 6.96. The molecule has 1 aliphatic rings. The van der Waals surface area contributed by atoms with Gasteiger partial charge in [-0.15, -0.1) is 11.3 Å². The lowest BCUT2D eigenvalue weighted by atomic mass is 9.91. The van der Waals surface area contributed by atoms with Crippen LogP contribution in [0, 0.1) is 12.8 Å². The van der Waals surface area contributed by atoms with Crippen molar-refractivity contribution in [3.05, 3.63) is 28.0 Å². The second-order valence-electron chi connectivity index (χ2n) is 6.02. The molecular formula is C15H19N5O3S. The maximum Gasteiger partial charge on any atom is 0.303 e. The smallest absolute Gasteiger partial charge is 0.303 e. The standard InChI is InChI=1S/C15H19N5O3S/c1-9-13(24-8-16-9)2-3-14(21)20-6-10(4-15(22)23)11(7-20)12-5-17-19-18-12/h5,8,10-11H,2-4,6-7H2,1H3,(H,22,23)(H,17,18,19)/t10-,11+/m1/s1. The van der Waals surface area contributed by atoms with Gasteiger partial charge in [0, 0.05) is 30.3 Å². The number of carboxylic acids is 1. The summed E-state index contributed by atoms with van der Waals surface area (Å²) in [4.78, 5) is 30.7. The maximum absolute atomic E-state index is 12.5. The molecule has 2 atom stereocenters. The lowest BCUT2D eigenvalue weighted by Crippen LogP contribution is -2.29. The summed E-state index contributed by atoms with van der Waals surface area (Å²) >= 11 is 1.56. The highest BCUT2D eigenvalue weighted by molar-refractivity contribution is 7.09. The third-order valence-electron chi connectivity index (χ3n) is 4.45. The van der Waals surface area contributed by atoms with E-state index in [9.17, 15) is 9.59 Å². The molecular weight excluding hydrogens is 330 g/mol. The van der Waals surface area contributed by atoms with Crippen LogP contribution in [-0.2, 0) is 16.0 Å². The van der Waals surface area contributed by atoms with E-state index in [1.165, 1.54) is 0 Å². The Hall–Kier alpha value is -2.29. The summed E-state index contributed by atoms with van der Waals surface area (Å²) in [5, 5.41) is 19.5. The van der Waals surface area contributed by atoms with E-state index < -0.39 is 5.97 Å². The molecule has 2 N–H and O–H groups in total.